The van der Waals surface area contributed by atoms with Crippen LogP contribution in [0.5, 0.6) is 0 Å². The minimum atomic E-state index is -2.09. The lowest BCUT2D eigenvalue weighted by atomic mass is 9.93. The summed E-state index contributed by atoms with van der Waals surface area (Å²) in [6.07, 6.45) is 7.81. The van der Waals surface area contributed by atoms with Crippen molar-refractivity contribution in [1.82, 2.24) is 0 Å². The van der Waals surface area contributed by atoms with Crippen LogP contribution in [0.25, 0.3) is 89.5 Å². The second-order valence-electron chi connectivity index (χ2n) is 24.1. The van der Waals surface area contributed by atoms with E-state index >= 15 is 0 Å². The highest BCUT2D eigenvalue weighted by molar-refractivity contribution is 5.77. The highest BCUT2D eigenvalue weighted by Gasteiger charge is 2.20. The number of pyridine rings is 4. The summed E-state index contributed by atoms with van der Waals surface area (Å²) >= 11 is 0. The second kappa shape index (κ2) is 28.5. The molecule has 0 N–H and O–H groups in total. The Morgan fingerprint density at radius 3 is 0.944 bits per heavy atom. The van der Waals surface area contributed by atoms with E-state index in [1.807, 2.05) is 66.6 Å². The molecule has 89 heavy (non-hydrogen) atoms. The van der Waals surface area contributed by atoms with Crippen LogP contribution in [0.1, 0.15) is 80.5 Å². The molecule has 446 valence electrons. The summed E-state index contributed by atoms with van der Waals surface area (Å²) in [5.74, 6) is 0. The highest BCUT2D eigenvalue weighted by Crippen LogP contribution is 2.35. The van der Waals surface area contributed by atoms with Gasteiger partial charge in [-0.3, -0.25) is 0 Å². The van der Waals surface area contributed by atoms with Crippen molar-refractivity contribution >= 4 is 0 Å². The fraction of sp³-hybridized carbons (Fsp3) is 0.200. The van der Waals surface area contributed by atoms with Crippen LogP contribution < -0.4 is 18.3 Å². The van der Waals surface area contributed by atoms with E-state index < -0.39 is 13.7 Å². The standard InChI is InChI=1S/C22H24N.3C21H22N/c1-15-13-22(23(5)14-18(15)4)21-12-16(2)20(11-17(21)3)19-9-7-6-8-10-19;1-15-13-21(22(4)14-17(15)3)20-11-10-19(12-16(20)2)18-8-6-5-7-9-18;2*1-15-10-11-21(22(4)14-15)20-13-16(2)19(12-17(20)3)18-8-6-5-7-9-18/h6-14H,1-5H3;3*5-14H,1-4H3/q4*+1/i4D3;;1D3;. The van der Waals surface area contributed by atoms with Gasteiger partial charge in [0.15, 0.2) is 24.8 Å². The third-order valence-corrected chi connectivity index (χ3v) is 17.0. The van der Waals surface area contributed by atoms with Crippen LogP contribution in [-0.4, -0.2) is 0 Å². The van der Waals surface area contributed by atoms with Gasteiger partial charge in [-0.15, -0.1) is 0 Å². The molecule has 12 aromatic rings. The molecule has 0 aliphatic carbocycles. The van der Waals surface area contributed by atoms with Gasteiger partial charge < -0.3 is 0 Å². The summed E-state index contributed by atoms with van der Waals surface area (Å²) in [5.41, 5.74) is 33.6. The van der Waals surface area contributed by atoms with Crippen molar-refractivity contribution in [2.75, 3.05) is 0 Å². The van der Waals surface area contributed by atoms with Gasteiger partial charge in [0.1, 0.15) is 28.2 Å². The summed E-state index contributed by atoms with van der Waals surface area (Å²) in [5, 5.41) is 0. The number of rotatable bonds is 8. The average Bonchev–Trinajstić information content (AvgIpc) is 0.813. The Balaban J connectivity index is 0.000000149. The molecular weight excluding hydrogens is 1080 g/mol. The molecule has 4 heterocycles. The van der Waals surface area contributed by atoms with Crippen molar-refractivity contribution in [3.63, 3.8) is 0 Å². The first kappa shape index (κ1) is 55.9. The first-order valence-electron chi connectivity index (χ1n) is 33.7. The van der Waals surface area contributed by atoms with Crippen molar-refractivity contribution < 1.29 is 26.5 Å². The van der Waals surface area contributed by atoms with Crippen LogP contribution in [0.3, 0.4) is 0 Å². The fourth-order valence-electron chi connectivity index (χ4n) is 11.9. The van der Waals surface area contributed by atoms with Crippen LogP contribution in [0.2, 0.25) is 0 Å². The van der Waals surface area contributed by atoms with Crippen molar-refractivity contribution in [3.05, 3.63) is 309 Å². The first-order valence-corrected chi connectivity index (χ1v) is 30.7. The molecule has 0 spiro atoms. The van der Waals surface area contributed by atoms with Crippen LogP contribution in [0.4, 0.5) is 0 Å². The number of nitrogens with zero attached hydrogens (tertiary/aromatic N) is 4. The average molecular weight is 1170 g/mol. The Labute approximate surface area is 540 Å². The fourth-order valence-corrected chi connectivity index (χ4v) is 11.9. The van der Waals surface area contributed by atoms with Gasteiger partial charge in [-0.2, -0.15) is 0 Å². The molecule has 12 rings (SSSR count). The summed E-state index contributed by atoms with van der Waals surface area (Å²) < 4.78 is 54.0. The normalized spacial score (nSPS) is 12.0. The molecule has 4 aromatic heterocycles. The number of aryl methyl sites for hydroxylation is 17. The maximum Gasteiger partial charge on any atom is 0.212 e. The molecule has 4 heteroatoms. The van der Waals surface area contributed by atoms with Crippen LogP contribution in [0.15, 0.2) is 237 Å². The quantitative estimate of drug-likeness (QED) is 0.135. The van der Waals surface area contributed by atoms with E-state index in [2.05, 4.69) is 275 Å². The zero-order chi connectivity index (χ0) is 68.6. The number of hydrogen-bond donors (Lipinski definition) is 0. The van der Waals surface area contributed by atoms with E-state index in [1.165, 1.54) is 123 Å². The van der Waals surface area contributed by atoms with Crippen LogP contribution in [-0.2, 0) is 28.2 Å². The Kier molecular flexibility index (Phi) is 17.9. The van der Waals surface area contributed by atoms with Gasteiger partial charge in [0.25, 0.3) is 0 Å². The minimum Gasteiger partial charge on any atom is -0.201 e. The molecule has 0 saturated heterocycles. The number of hydrogen-bond acceptors (Lipinski definition) is 0. The molecule has 0 atom stereocenters. The monoisotopic (exact) mass is 1170 g/mol. The zero-order valence-corrected chi connectivity index (χ0v) is 54.8. The van der Waals surface area contributed by atoms with Crippen molar-refractivity contribution in [2.24, 2.45) is 28.2 Å². The Morgan fingerprint density at radius 1 is 0.213 bits per heavy atom. The predicted octanol–water partition coefficient (Wildman–Crippen LogP) is 19.4. The van der Waals surface area contributed by atoms with E-state index in [4.69, 9.17) is 8.22 Å². The van der Waals surface area contributed by atoms with Gasteiger partial charge >= 0.3 is 0 Å². The largest absolute Gasteiger partial charge is 0.212 e. The van der Waals surface area contributed by atoms with E-state index in [0.717, 1.165) is 28.1 Å². The zero-order valence-electron chi connectivity index (χ0n) is 60.8. The molecule has 0 amide bonds. The van der Waals surface area contributed by atoms with E-state index in [9.17, 15) is 0 Å². The molecular formula is C85H90N4+4. The van der Waals surface area contributed by atoms with Gasteiger partial charge in [-0.25, -0.2) is 18.3 Å². The molecule has 0 aliphatic rings. The lowest BCUT2D eigenvalue weighted by Crippen LogP contribution is -2.31. The molecule has 0 unspecified atom stereocenters. The van der Waals surface area contributed by atoms with Crippen molar-refractivity contribution in [2.45, 2.75) is 89.9 Å². The number of aromatic nitrogens is 4. The van der Waals surface area contributed by atoms with Crippen LogP contribution in [0, 0.1) is 89.9 Å². The third-order valence-electron chi connectivity index (χ3n) is 17.0. The summed E-state index contributed by atoms with van der Waals surface area (Å²) in [6, 6.07) is 74.2. The lowest BCUT2D eigenvalue weighted by Gasteiger charge is -2.12. The Hall–Kier alpha value is -9.64. The maximum absolute atomic E-state index is 7.71. The third kappa shape index (κ3) is 15.2. The summed E-state index contributed by atoms with van der Waals surface area (Å²) in [6.45, 7) is 19.2. The molecule has 0 fully saturated rings. The van der Waals surface area contributed by atoms with Gasteiger partial charge in [-0.1, -0.05) is 152 Å². The minimum absolute atomic E-state index is 0.356. The van der Waals surface area contributed by atoms with Crippen molar-refractivity contribution in [3.8, 4) is 89.5 Å². The molecule has 0 saturated carbocycles. The van der Waals surface area contributed by atoms with E-state index in [1.54, 1.807) is 18.5 Å². The summed E-state index contributed by atoms with van der Waals surface area (Å²) in [7, 11) is 8.03. The Bertz CT molecular complexity index is 4710. The topological polar surface area (TPSA) is 15.5 Å². The molecule has 0 radical (unpaired) electrons. The van der Waals surface area contributed by atoms with Gasteiger partial charge in [-0.05, 0) is 221 Å². The van der Waals surface area contributed by atoms with Crippen LogP contribution >= 0.6 is 0 Å². The lowest BCUT2D eigenvalue weighted by molar-refractivity contribution is -0.660. The highest BCUT2D eigenvalue weighted by atomic mass is 14.9. The molecule has 0 aliphatic heterocycles. The van der Waals surface area contributed by atoms with Gasteiger partial charge in [0.05, 0.1) is 0 Å². The van der Waals surface area contributed by atoms with E-state index in [-0.39, 0.29) is 0 Å². The van der Waals surface area contributed by atoms with Gasteiger partial charge in [0.2, 0.25) is 22.8 Å². The smallest absolute Gasteiger partial charge is 0.201 e. The molecule has 0 bridgehead atoms. The number of benzene rings is 8. The maximum atomic E-state index is 7.71. The van der Waals surface area contributed by atoms with Crippen molar-refractivity contribution in [1.29, 1.82) is 0 Å². The van der Waals surface area contributed by atoms with Gasteiger partial charge in [0, 0.05) is 77.0 Å². The second-order valence-corrected chi connectivity index (χ2v) is 24.1. The summed E-state index contributed by atoms with van der Waals surface area (Å²) in [4.78, 5) is 0. The Morgan fingerprint density at radius 2 is 0.539 bits per heavy atom. The SMILES string of the molecule is Cc1cc(-c2ccc(-c3ccccc3)cc2C)[n+](C)cc1C.Cc1ccc(-c2cc(C)c(-c3ccccc3)cc2C)[n+](C)c1.[2H]C([2H])([2H])c1c[n+](C)c(-c2cc(C)c(-c3ccccc3)cc2C)cc1C.[2H]C([2H])([2H])c1ccc(-c2cc(C)c(-c3ccccc3)cc2C)[n+](C)c1. The first-order chi connectivity index (χ1) is 45.1. The molecule has 4 nitrogen and oxygen atoms in total. The van der Waals surface area contributed by atoms with E-state index in [0.29, 0.717) is 11.1 Å². The molecule has 8 aromatic carbocycles. The predicted molar refractivity (Wildman–Crippen MR) is 376 cm³/mol.